The van der Waals surface area contributed by atoms with Gasteiger partial charge >= 0.3 is 0 Å². The Bertz CT molecular complexity index is 552. The number of hydrogen-bond donors (Lipinski definition) is 1. The first-order valence-electron chi connectivity index (χ1n) is 6.76. The Morgan fingerprint density at radius 1 is 1.50 bits per heavy atom. The first-order valence-corrected chi connectivity index (χ1v) is 7.14. The lowest BCUT2D eigenvalue weighted by atomic mass is 10.0. The van der Waals surface area contributed by atoms with Crippen molar-refractivity contribution in [3.63, 3.8) is 0 Å². The van der Waals surface area contributed by atoms with Gasteiger partial charge in [-0.3, -0.25) is 4.79 Å². The highest BCUT2D eigenvalue weighted by Crippen LogP contribution is 2.38. The van der Waals surface area contributed by atoms with Crippen LogP contribution in [-0.2, 0) is 9.53 Å². The van der Waals surface area contributed by atoms with E-state index in [9.17, 15) is 9.18 Å². The van der Waals surface area contributed by atoms with E-state index in [4.69, 9.17) is 16.3 Å². The van der Waals surface area contributed by atoms with Crippen molar-refractivity contribution >= 4 is 28.9 Å². The SMILES string of the molecule is CCCN1c2cc(F)c(Cl)cc2NC(=O)C2COCC21. The maximum atomic E-state index is 13.8. The second-order valence-corrected chi connectivity index (χ2v) is 5.58. The van der Waals surface area contributed by atoms with Gasteiger partial charge < -0.3 is 15.0 Å². The number of rotatable bonds is 2. The minimum atomic E-state index is -0.474. The summed E-state index contributed by atoms with van der Waals surface area (Å²) in [5, 5.41) is 2.86. The zero-order valence-corrected chi connectivity index (χ0v) is 11.9. The zero-order valence-electron chi connectivity index (χ0n) is 11.2. The van der Waals surface area contributed by atoms with Crippen molar-refractivity contribution in [1.29, 1.82) is 0 Å². The summed E-state index contributed by atoms with van der Waals surface area (Å²) in [4.78, 5) is 14.3. The number of carbonyl (C=O) groups is 1. The Kier molecular flexibility index (Phi) is 3.56. The Morgan fingerprint density at radius 2 is 2.30 bits per heavy atom. The third-order valence-electron chi connectivity index (χ3n) is 3.86. The van der Waals surface area contributed by atoms with Crippen molar-refractivity contribution in [2.75, 3.05) is 30.0 Å². The average molecular weight is 299 g/mol. The van der Waals surface area contributed by atoms with Crippen molar-refractivity contribution in [3.05, 3.63) is 23.0 Å². The fourth-order valence-corrected chi connectivity index (χ4v) is 3.07. The Morgan fingerprint density at radius 3 is 3.05 bits per heavy atom. The molecule has 0 bridgehead atoms. The number of carbonyl (C=O) groups excluding carboxylic acids is 1. The summed E-state index contributed by atoms with van der Waals surface area (Å²) in [5.74, 6) is -0.788. The van der Waals surface area contributed by atoms with Crippen LogP contribution < -0.4 is 10.2 Å². The molecular formula is C14H16ClFN2O2. The highest BCUT2D eigenvalue weighted by Gasteiger charge is 2.41. The van der Waals surface area contributed by atoms with E-state index in [2.05, 4.69) is 17.1 Å². The van der Waals surface area contributed by atoms with Gasteiger partial charge in [-0.05, 0) is 12.5 Å². The van der Waals surface area contributed by atoms with Crippen LogP contribution in [0.5, 0.6) is 0 Å². The van der Waals surface area contributed by atoms with Crippen molar-refractivity contribution < 1.29 is 13.9 Å². The van der Waals surface area contributed by atoms with Gasteiger partial charge in [0.05, 0.1) is 41.6 Å². The second kappa shape index (κ2) is 5.22. The van der Waals surface area contributed by atoms with E-state index in [0.29, 0.717) is 24.6 Å². The van der Waals surface area contributed by atoms with Gasteiger partial charge in [-0.2, -0.15) is 0 Å². The van der Waals surface area contributed by atoms with Crippen LogP contribution in [0.3, 0.4) is 0 Å². The summed E-state index contributed by atoms with van der Waals surface area (Å²) < 4.78 is 19.2. The van der Waals surface area contributed by atoms with Gasteiger partial charge in [0, 0.05) is 12.6 Å². The van der Waals surface area contributed by atoms with E-state index in [1.165, 1.54) is 12.1 Å². The monoisotopic (exact) mass is 298 g/mol. The van der Waals surface area contributed by atoms with Crippen LogP contribution in [0.2, 0.25) is 5.02 Å². The van der Waals surface area contributed by atoms with Crippen LogP contribution in [-0.4, -0.2) is 31.7 Å². The van der Waals surface area contributed by atoms with Crippen molar-refractivity contribution in [1.82, 2.24) is 0 Å². The molecule has 1 fully saturated rings. The molecule has 0 spiro atoms. The van der Waals surface area contributed by atoms with Crippen molar-refractivity contribution in [2.45, 2.75) is 19.4 Å². The molecule has 108 valence electrons. The molecular weight excluding hydrogens is 283 g/mol. The molecule has 0 radical (unpaired) electrons. The van der Waals surface area contributed by atoms with Gasteiger partial charge in [-0.15, -0.1) is 0 Å². The predicted molar refractivity (Wildman–Crippen MR) is 75.8 cm³/mol. The summed E-state index contributed by atoms with van der Waals surface area (Å²) in [6.07, 6.45) is 0.904. The van der Waals surface area contributed by atoms with Gasteiger partial charge in [0.15, 0.2) is 0 Å². The number of halogens is 2. The Labute approximate surface area is 121 Å². The molecule has 0 aliphatic carbocycles. The topological polar surface area (TPSA) is 41.6 Å². The van der Waals surface area contributed by atoms with E-state index in [0.717, 1.165) is 13.0 Å². The lowest BCUT2D eigenvalue weighted by Gasteiger charge is -2.31. The maximum Gasteiger partial charge on any atom is 0.232 e. The molecule has 0 aromatic heterocycles. The van der Waals surface area contributed by atoms with Gasteiger partial charge in [-0.25, -0.2) is 4.39 Å². The normalized spacial score (nSPS) is 24.9. The Hall–Kier alpha value is -1.33. The quantitative estimate of drug-likeness (QED) is 0.913. The number of ether oxygens (including phenoxy) is 1. The minimum absolute atomic E-state index is 0.0174. The number of nitrogens with zero attached hydrogens (tertiary/aromatic N) is 1. The van der Waals surface area contributed by atoms with E-state index in [-0.39, 0.29) is 22.9 Å². The highest BCUT2D eigenvalue weighted by molar-refractivity contribution is 6.31. The summed E-state index contributed by atoms with van der Waals surface area (Å²) in [6.45, 7) is 3.69. The smallest absolute Gasteiger partial charge is 0.232 e. The van der Waals surface area contributed by atoms with Gasteiger partial charge in [-0.1, -0.05) is 18.5 Å². The molecule has 4 nitrogen and oxygen atoms in total. The van der Waals surface area contributed by atoms with Gasteiger partial charge in [0.1, 0.15) is 5.82 Å². The molecule has 2 atom stereocenters. The fourth-order valence-electron chi connectivity index (χ4n) is 2.91. The van der Waals surface area contributed by atoms with Crippen LogP contribution >= 0.6 is 11.6 Å². The fraction of sp³-hybridized carbons (Fsp3) is 0.500. The molecule has 6 heteroatoms. The number of hydrogen-bond acceptors (Lipinski definition) is 3. The molecule has 3 rings (SSSR count). The largest absolute Gasteiger partial charge is 0.378 e. The molecule has 2 unspecified atom stereocenters. The molecule has 1 saturated heterocycles. The van der Waals surface area contributed by atoms with Gasteiger partial charge in [0.25, 0.3) is 0 Å². The van der Waals surface area contributed by atoms with Crippen LogP contribution in [0.4, 0.5) is 15.8 Å². The summed E-state index contributed by atoms with van der Waals surface area (Å²) in [6, 6.07) is 2.83. The van der Waals surface area contributed by atoms with Crippen LogP contribution in [0, 0.1) is 11.7 Å². The van der Waals surface area contributed by atoms with Crippen LogP contribution in [0.1, 0.15) is 13.3 Å². The van der Waals surface area contributed by atoms with Crippen molar-refractivity contribution in [3.8, 4) is 0 Å². The lowest BCUT2D eigenvalue weighted by Crippen LogP contribution is -2.43. The number of anilines is 2. The first kappa shape index (κ1) is 13.6. The summed E-state index contributed by atoms with van der Waals surface area (Å²) in [7, 11) is 0. The number of benzene rings is 1. The molecule has 2 heterocycles. The zero-order chi connectivity index (χ0) is 14.3. The maximum absolute atomic E-state index is 13.8. The van der Waals surface area contributed by atoms with Crippen LogP contribution in [0.25, 0.3) is 0 Å². The standard InChI is InChI=1S/C14H16ClFN2O2/c1-2-3-18-12-5-10(16)9(15)4-11(12)17-14(19)8-6-20-7-13(8)18/h4-5,8,13H,2-3,6-7H2,1H3,(H,17,19). The Balaban J connectivity index is 2.11. The number of nitrogens with one attached hydrogen (secondary N) is 1. The molecule has 1 amide bonds. The van der Waals surface area contributed by atoms with E-state index in [1.54, 1.807) is 0 Å². The van der Waals surface area contributed by atoms with Crippen molar-refractivity contribution in [2.24, 2.45) is 5.92 Å². The second-order valence-electron chi connectivity index (χ2n) is 5.18. The average Bonchev–Trinajstić information content (AvgIpc) is 2.86. The molecule has 1 aromatic rings. The molecule has 2 aliphatic heterocycles. The minimum Gasteiger partial charge on any atom is -0.378 e. The van der Waals surface area contributed by atoms with Crippen LogP contribution in [0.15, 0.2) is 12.1 Å². The molecule has 2 aliphatic rings. The first-order chi connectivity index (χ1) is 9.61. The van der Waals surface area contributed by atoms with E-state index < -0.39 is 5.82 Å². The predicted octanol–water partition coefficient (Wildman–Crippen LogP) is 2.66. The van der Waals surface area contributed by atoms with E-state index in [1.807, 2.05) is 0 Å². The number of fused-ring (bicyclic) bond motifs is 2. The third-order valence-corrected chi connectivity index (χ3v) is 4.15. The summed E-state index contributed by atoms with van der Waals surface area (Å²) in [5.41, 5.74) is 1.25. The highest BCUT2D eigenvalue weighted by atomic mass is 35.5. The summed E-state index contributed by atoms with van der Waals surface area (Å²) >= 11 is 5.82. The molecule has 20 heavy (non-hydrogen) atoms. The molecule has 0 saturated carbocycles. The lowest BCUT2D eigenvalue weighted by molar-refractivity contribution is -0.120. The molecule has 1 aromatic carbocycles. The third kappa shape index (κ3) is 2.15. The number of amides is 1. The molecule has 1 N–H and O–H groups in total. The van der Waals surface area contributed by atoms with Gasteiger partial charge in [0.2, 0.25) is 5.91 Å². The van der Waals surface area contributed by atoms with E-state index >= 15 is 0 Å².